The summed E-state index contributed by atoms with van der Waals surface area (Å²) in [5.41, 5.74) is 0.829. The number of hydrogen-bond acceptors (Lipinski definition) is 26. The zero-order valence-corrected chi connectivity index (χ0v) is 62.4. The van der Waals surface area contributed by atoms with Gasteiger partial charge in [0.2, 0.25) is 11.8 Å². The molecular formula is C82H86N4O22S2. The maximum Gasteiger partial charge on any atom is 0.343 e. The first-order valence-corrected chi connectivity index (χ1v) is 37.6. The van der Waals surface area contributed by atoms with Gasteiger partial charge in [-0.1, -0.05) is 49.0 Å². The molecule has 578 valence electrons. The Labute approximate surface area is 643 Å². The van der Waals surface area contributed by atoms with Crippen LogP contribution < -0.4 is 48.5 Å². The van der Waals surface area contributed by atoms with Crippen molar-refractivity contribution in [2.45, 2.75) is 116 Å². The van der Waals surface area contributed by atoms with Gasteiger partial charge in [-0.3, -0.25) is 9.59 Å². The molecule has 26 nitrogen and oxygen atoms in total. The molecule has 2 amide bonds. The molecule has 0 aliphatic rings. The Balaban J connectivity index is 0.923. The first kappa shape index (κ1) is 83.6. The van der Waals surface area contributed by atoms with Gasteiger partial charge in [-0.15, -0.1) is 0 Å². The minimum absolute atomic E-state index is 0.000955. The van der Waals surface area contributed by atoms with Crippen molar-refractivity contribution in [3.8, 4) is 46.0 Å². The van der Waals surface area contributed by atoms with Gasteiger partial charge in [-0.2, -0.15) is 0 Å². The van der Waals surface area contributed by atoms with Crippen molar-refractivity contribution in [2.24, 2.45) is 0 Å². The number of thiazole rings is 2. The van der Waals surface area contributed by atoms with Gasteiger partial charge in [0.15, 0.2) is 33.3 Å². The molecule has 0 spiro atoms. The predicted octanol–water partition coefficient (Wildman–Crippen LogP) is 15.8. The number of hydrogen-bond donors (Lipinski definition) is 2. The van der Waals surface area contributed by atoms with Gasteiger partial charge < -0.3 is 67.5 Å². The number of esters is 8. The van der Waals surface area contributed by atoms with Gasteiger partial charge >= 0.3 is 47.8 Å². The predicted molar refractivity (Wildman–Crippen MR) is 412 cm³/mol. The van der Waals surface area contributed by atoms with E-state index in [2.05, 4.69) is 46.9 Å². The van der Waals surface area contributed by atoms with E-state index in [-0.39, 0.29) is 88.8 Å². The van der Waals surface area contributed by atoms with E-state index in [1.54, 1.807) is 72.8 Å². The zero-order valence-electron chi connectivity index (χ0n) is 60.8. The molecule has 0 saturated heterocycles. The third-order valence-electron chi connectivity index (χ3n) is 16.1. The van der Waals surface area contributed by atoms with Gasteiger partial charge in [-0.25, -0.2) is 48.3 Å². The number of fused-ring (bicyclic) bond motifs is 2. The number of ether oxygens (including phenoxy) is 12. The summed E-state index contributed by atoms with van der Waals surface area (Å²) >= 11 is 1.83. The molecule has 0 bridgehead atoms. The van der Waals surface area contributed by atoms with Crippen LogP contribution >= 0.6 is 22.7 Å². The third kappa shape index (κ3) is 28.3. The molecule has 0 atom stereocenters. The highest BCUT2D eigenvalue weighted by Gasteiger charge is 2.25. The fourth-order valence-electron chi connectivity index (χ4n) is 10.2. The number of carbonyl (C=O) groups is 10. The Bertz CT molecular complexity index is 3930. The third-order valence-corrected chi connectivity index (χ3v) is 18.0. The highest BCUT2D eigenvalue weighted by molar-refractivity contribution is 7.23. The van der Waals surface area contributed by atoms with Gasteiger partial charge in [-0.05, 0) is 224 Å². The minimum atomic E-state index is -0.756. The Hall–Kier alpha value is -12.0. The summed E-state index contributed by atoms with van der Waals surface area (Å²) in [6, 6.07) is 31.1. The van der Waals surface area contributed by atoms with Crippen LogP contribution in [0.3, 0.4) is 0 Å². The summed E-state index contributed by atoms with van der Waals surface area (Å²) in [6.45, 7) is 16.5. The molecule has 2 aromatic heterocycles. The van der Waals surface area contributed by atoms with Crippen LogP contribution in [0.25, 0.3) is 20.4 Å². The van der Waals surface area contributed by atoms with Crippen LogP contribution in [0.1, 0.15) is 157 Å². The van der Waals surface area contributed by atoms with Crippen molar-refractivity contribution >= 4 is 113 Å². The molecule has 110 heavy (non-hydrogen) atoms. The summed E-state index contributed by atoms with van der Waals surface area (Å²) in [7, 11) is 0. The van der Waals surface area contributed by atoms with Crippen molar-refractivity contribution in [1.29, 1.82) is 0 Å². The summed E-state index contributed by atoms with van der Waals surface area (Å²) in [4.78, 5) is 137. The average Bonchev–Trinajstić information content (AvgIpc) is 1.63. The summed E-state index contributed by atoms with van der Waals surface area (Å²) in [5, 5.41) is 5.41. The van der Waals surface area contributed by atoms with Gasteiger partial charge in [0.1, 0.15) is 43.4 Å². The number of unbranched alkanes of at least 4 members (excludes halogenated alkanes) is 12. The Morgan fingerprint density at radius 2 is 0.527 bits per heavy atom. The van der Waals surface area contributed by atoms with Gasteiger partial charge in [0.25, 0.3) is 0 Å². The van der Waals surface area contributed by atoms with Crippen molar-refractivity contribution in [3.63, 3.8) is 0 Å². The van der Waals surface area contributed by atoms with Crippen LogP contribution in [0.5, 0.6) is 46.0 Å². The molecule has 2 heterocycles. The SMILES string of the molecule is C=CC(=O)OCCCCCCOc1ccc(C(=O)Oc2ccc(OC(=O)c3ccc(OCCCCCCOC(=O)C=C)cc3)c3sc(NC(=O)CCC(=O)Nc4nc5c(OC(=O)c6ccc(OCCCCCCOC(=O)C=C)cc6)ccc(OC(=O)c6ccc(OCCCCCCOC(=O)C=C)cc6)c5s4)nc23)cc1. The molecular weight excluding hydrogens is 1460 g/mol. The quantitative estimate of drug-likeness (QED) is 0.0118. The summed E-state index contributed by atoms with van der Waals surface area (Å²) < 4.78 is 67.7. The van der Waals surface area contributed by atoms with E-state index in [0.717, 1.165) is 124 Å². The van der Waals surface area contributed by atoms with Crippen LogP contribution in [0.4, 0.5) is 10.3 Å². The highest BCUT2D eigenvalue weighted by Crippen LogP contribution is 2.42. The largest absolute Gasteiger partial charge is 0.494 e. The van der Waals surface area contributed by atoms with E-state index in [1.165, 1.54) is 48.5 Å². The lowest BCUT2D eigenvalue weighted by molar-refractivity contribution is -0.138. The number of amides is 2. The number of nitrogens with zero attached hydrogens (tertiary/aromatic N) is 2. The first-order chi connectivity index (χ1) is 53.5. The van der Waals surface area contributed by atoms with E-state index in [0.29, 0.717) is 102 Å². The fraction of sp³-hybridized carbons (Fsp3) is 0.317. The molecule has 0 aliphatic heterocycles. The highest BCUT2D eigenvalue weighted by atomic mass is 32.1. The van der Waals surface area contributed by atoms with E-state index < -0.39 is 59.6 Å². The Morgan fingerprint density at radius 1 is 0.300 bits per heavy atom. The van der Waals surface area contributed by atoms with E-state index in [4.69, 9.17) is 56.8 Å². The lowest BCUT2D eigenvalue weighted by atomic mass is 10.2. The second-order valence-electron chi connectivity index (χ2n) is 24.3. The minimum Gasteiger partial charge on any atom is -0.494 e. The van der Waals surface area contributed by atoms with Gasteiger partial charge in [0, 0.05) is 37.1 Å². The fourth-order valence-corrected chi connectivity index (χ4v) is 12.1. The molecule has 0 radical (unpaired) electrons. The van der Waals surface area contributed by atoms with Gasteiger partial charge in [0.05, 0.1) is 75.1 Å². The number of anilines is 2. The topological polar surface area (TPSA) is 331 Å². The maximum atomic E-state index is 13.8. The van der Waals surface area contributed by atoms with E-state index >= 15 is 0 Å². The Morgan fingerprint density at radius 3 is 0.773 bits per heavy atom. The molecule has 6 aromatic carbocycles. The molecule has 8 rings (SSSR count). The standard InChI is InChI=1S/C82H86N4O22S2/c1-5-69(89)101-51-21-13-9-17-47-97-59-33-25-55(26-34-59)77(93)105-63-41-43-65(107-79(95)57-29-37-61(38-30-57)99-49-19-11-15-23-53-103-71(91)7-3)75-73(63)85-81(109-75)83-67(87)45-46-68(88)84-82-86-74-64(106-78(94)56-27-35-60(36-28-56)98-48-18-10-14-22-52-102-70(90)6-2)42-44-66(76(74)110-82)108-80(96)58-31-39-62(40-32-58)100-50-20-12-16-24-54-104-72(92)8-4/h5-8,25-44H,1-4,9-24,45-54H2,(H,83,85,87)(H,84,86,88). The zero-order chi connectivity index (χ0) is 78.2. The van der Waals surface area contributed by atoms with Crippen LogP contribution in [-0.4, -0.2) is 122 Å². The monoisotopic (exact) mass is 1540 g/mol. The van der Waals surface area contributed by atoms with Crippen LogP contribution in [0.15, 0.2) is 172 Å². The van der Waals surface area contributed by atoms with Crippen LogP contribution in [-0.2, 0) is 47.7 Å². The number of aromatic nitrogens is 2. The number of carbonyl (C=O) groups excluding carboxylic acids is 10. The van der Waals surface area contributed by atoms with Crippen molar-refractivity contribution in [2.75, 3.05) is 63.5 Å². The molecule has 0 fully saturated rings. The van der Waals surface area contributed by atoms with Crippen molar-refractivity contribution < 1.29 is 105 Å². The Kier molecular flexibility index (Phi) is 34.6. The van der Waals surface area contributed by atoms with E-state index in [9.17, 15) is 47.9 Å². The molecule has 28 heteroatoms. The lowest BCUT2D eigenvalue weighted by Crippen LogP contribution is -2.17. The van der Waals surface area contributed by atoms with Crippen molar-refractivity contribution in [3.05, 3.63) is 194 Å². The first-order valence-electron chi connectivity index (χ1n) is 35.9. The number of nitrogens with one attached hydrogen (secondary N) is 2. The summed E-state index contributed by atoms with van der Waals surface area (Å²) in [6.07, 6.45) is 16.3. The number of rotatable bonds is 49. The van der Waals surface area contributed by atoms with Crippen molar-refractivity contribution in [1.82, 2.24) is 9.97 Å². The molecule has 0 aliphatic carbocycles. The molecule has 0 unspecified atom stereocenters. The van der Waals surface area contributed by atoms with Crippen LogP contribution in [0, 0.1) is 0 Å². The molecule has 2 N–H and O–H groups in total. The average molecular weight is 1540 g/mol. The smallest absolute Gasteiger partial charge is 0.343 e. The maximum absolute atomic E-state index is 13.8. The second kappa shape index (κ2) is 45.6. The molecule has 8 aromatic rings. The number of benzene rings is 6. The summed E-state index contributed by atoms with van der Waals surface area (Å²) in [5.74, 6) is -4.07. The second-order valence-corrected chi connectivity index (χ2v) is 26.3. The normalized spacial score (nSPS) is 10.7. The van der Waals surface area contributed by atoms with E-state index in [1.807, 2.05) is 0 Å². The van der Waals surface area contributed by atoms with Crippen LogP contribution in [0.2, 0.25) is 0 Å². The lowest BCUT2D eigenvalue weighted by Gasteiger charge is -2.10. The molecule has 0 saturated carbocycles.